The van der Waals surface area contributed by atoms with Gasteiger partial charge >= 0.3 is 0 Å². The first-order chi connectivity index (χ1) is 9.40. The highest BCUT2D eigenvalue weighted by atomic mass is 16.3. The second-order valence-electron chi connectivity index (χ2n) is 5.20. The van der Waals surface area contributed by atoms with Crippen LogP contribution >= 0.6 is 0 Å². The van der Waals surface area contributed by atoms with Crippen LogP contribution in [0.15, 0.2) is 46.9 Å². The monoisotopic (exact) mass is 252 g/mol. The number of fused-ring (bicyclic) bond motifs is 3. The highest BCUT2D eigenvalue weighted by Crippen LogP contribution is 2.31. The summed E-state index contributed by atoms with van der Waals surface area (Å²) in [4.78, 5) is 0. The van der Waals surface area contributed by atoms with Gasteiger partial charge in [0.25, 0.3) is 0 Å². The molecule has 0 spiro atoms. The fourth-order valence-corrected chi connectivity index (χ4v) is 2.74. The second kappa shape index (κ2) is 5.48. The average Bonchev–Trinajstić information content (AvgIpc) is 2.83. The normalized spacial score (nSPS) is 11.4. The molecular weight excluding hydrogens is 232 g/mol. The molecule has 3 rings (SSSR count). The molecule has 1 nitrogen and oxygen atoms in total. The van der Waals surface area contributed by atoms with E-state index in [1.807, 2.05) is 6.07 Å². The molecule has 0 N–H and O–H groups in total. The first-order valence-electron chi connectivity index (χ1n) is 7.29. The molecule has 0 unspecified atom stereocenters. The summed E-state index contributed by atoms with van der Waals surface area (Å²) in [6.07, 6.45) is 6.30. The van der Waals surface area contributed by atoms with E-state index in [2.05, 4.69) is 43.3 Å². The molecule has 3 aromatic rings. The van der Waals surface area contributed by atoms with E-state index in [-0.39, 0.29) is 0 Å². The fourth-order valence-electron chi connectivity index (χ4n) is 2.74. The summed E-state index contributed by atoms with van der Waals surface area (Å²) in [5, 5.41) is 2.48. The molecule has 0 aliphatic heterocycles. The predicted octanol–water partition coefficient (Wildman–Crippen LogP) is 5.71. The van der Waals surface area contributed by atoms with E-state index in [0.717, 1.165) is 17.6 Å². The van der Waals surface area contributed by atoms with Crippen molar-refractivity contribution in [2.45, 2.75) is 39.0 Å². The number of furan rings is 1. The van der Waals surface area contributed by atoms with Crippen molar-refractivity contribution < 1.29 is 4.42 Å². The molecule has 0 saturated carbocycles. The minimum absolute atomic E-state index is 0.999. The van der Waals surface area contributed by atoms with Crippen molar-refractivity contribution in [2.75, 3.05) is 0 Å². The van der Waals surface area contributed by atoms with E-state index >= 15 is 0 Å². The van der Waals surface area contributed by atoms with Gasteiger partial charge in [-0.05, 0) is 24.5 Å². The number of hydrogen-bond acceptors (Lipinski definition) is 1. The average molecular weight is 252 g/mol. The number of aryl methyl sites for hydroxylation is 1. The summed E-state index contributed by atoms with van der Waals surface area (Å²) in [6.45, 7) is 2.25. The zero-order chi connectivity index (χ0) is 13.1. The lowest BCUT2D eigenvalue weighted by Crippen LogP contribution is -1.86. The van der Waals surface area contributed by atoms with Gasteiger partial charge in [-0.1, -0.05) is 62.6 Å². The molecule has 0 atom stereocenters. The Hall–Kier alpha value is -1.76. The standard InChI is InChI=1S/C18H20O/c1-2-3-4-5-9-14-10-8-12-16-15-11-6-7-13-17(15)19-18(14)16/h6-8,10-13H,2-5,9H2,1H3. The van der Waals surface area contributed by atoms with Gasteiger partial charge in [-0.2, -0.15) is 0 Å². The Morgan fingerprint density at radius 2 is 1.68 bits per heavy atom. The van der Waals surface area contributed by atoms with Crippen molar-refractivity contribution in [2.24, 2.45) is 0 Å². The Balaban J connectivity index is 1.96. The molecule has 0 aliphatic rings. The number of rotatable bonds is 5. The molecular formula is C18H20O. The van der Waals surface area contributed by atoms with E-state index in [1.165, 1.54) is 42.0 Å². The van der Waals surface area contributed by atoms with E-state index < -0.39 is 0 Å². The van der Waals surface area contributed by atoms with Crippen molar-refractivity contribution >= 4 is 21.9 Å². The topological polar surface area (TPSA) is 13.1 Å². The van der Waals surface area contributed by atoms with Gasteiger partial charge in [-0.25, -0.2) is 0 Å². The lowest BCUT2D eigenvalue weighted by atomic mass is 10.0. The minimum atomic E-state index is 0.999. The SMILES string of the molecule is CCCCCCc1cccc2c1oc1ccccc12. The third-order valence-corrected chi connectivity index (χ3v) is 3.79. The van der Waals surface area contributed by atoms with E-state index in [0.29, 0.717) is 0 Å². The van der Waals surface area contributed by atoms with Crippen molar-refractivity contribution in [1.82, 2.24) is 0 Å². The molecule has 0 saturated heterocycles. The third kappa shape index (κ3) is 2.37. The van der Waals surface area contributed by atoms with E-state index in [1.54, 1.807) is 0 Å². The highest BCUT2D eigenvalue weighted by Gasteiger charge is 2.09. The molecule has 98 valence electrons. The fraction of sp³-hybridized carbons (Fsp3) is 0.333. The van der Waals surface area contributed by atoms with Crippen LogP contribution in [-0.4, -0.2) is 0 Å². The molecule has 1 heterocycles. The molecule has 0 bridgehead atoms. The van der Waals surface area contributed by atoms with Gasteiger partial charge in [0.1, 0.15) is 11.2 Å². The first kappa shape index (κ1) is 12.3. The predicted molar refractivity (Wildman–Crippen MR) is 81.6 cm³/mol. The van der Waals surface area contributed by atoms with E-state index in [9.17, 15) is 0 Å². The quantitative estimate of drug-likeness (QED) is 0.530. The lowest BCUT2D eigenvalue weighted by Gasteiger charge is -2.02. The summed E-state index contributed by atoms with van der Waals surface area (Å²) in [5.41, 5.74) is 3.43. The number of hydrogen-bond donors (Lipinski definition) is 0. The molecule has 0 aliphatic carbocycles. The third-order valence-electron chi connectivity index (χ3n) is 3.79. The zero-order valence-corrected chi connectivity index (χ0v) is 11.5. The van der Waals surface area contributed by atoms with Crippen LogP contribution < -0.4 is 0 Å². The van der Waals surface area contributed by atoms with Crippen molar-refractivity contribution in [3.8, 4) is 0 Å². The van der Waals surface area contributed by atoms with E-state index in [4.69, 9.17) is 4.42 Å². The molecule has 1 aromatic heterocycles. The molecule has 0 radical (unpaired) electrons. The van der Waals surface area contributed by atoms with Gasteiger partial charge in [-0.15, -0.1) is 0 Å². The lowest BCUT2D eigenvalue weighted by molar-refractivity contribution is 0.643. The van der Waals surface area contributed by atoms with Crippen molar-refractivity contribution in [1.29, 1.82) is 0 Å². The van der Waals surface area contributed by atoms with Crippen LogP contribution in [0.3, 0.4) is 0 Å². The Kier molecular flexibility index (Phi) is 3.54. The summed E-state index contributed by atoms with van der Waals surface area (Å²) in [5.74, 6) is 0. The van der Waals surface area contributed by atoms with Gasteiger partial charge in [0.05, 0.1) is 0 Å². The van der Waals surface area contributed by atoms with Crippen LogP contribution in [0.5, 0.6) is 0 Å². The van der Waals surface area contributed by atoms with Gasteiger partial charge in [0.2, 0.25) is 0 Å². The van der Waals surface area contributed by atoms with Crippen LogP contribution in [0.2, 0.25) is 0 Å². The summed E-state index contributed by atoms with van der Waals surface area (Å²) < 4.78 is 6.04. The van der Waals surface area contributed by atoms with Gasteiger partial charge in [-0.3, -0.25) is 0 Å². The number of benzene rings is 2. The molecule has 0 amide bonds. The van der Waals surface area contributed by atoms with Crippen LogP contribution in [0.1, 0.15) is 38.2 Å². The maximum absolute atomic E-state index is 6.04. The maximum Gasteiger partial charge on any atom is 0.138 e. The van der Waals surface area contributed by atoms with Gasteiger partial charge < -0.3 is 4.42 Å². The Morgan fingerprint density at radius 3 is 2.58 bits per heavy atom. The summed E-state index contributed by atoms with van der Waals surface area (Å²) in [6, 6.07) is 14.8. The van der Waals surface area contributed by atoms with Crippen LogP contribution in [-0.2, 0) is 6.42 Å². The molecule has 0 fully saturated rings. The molecule has 1 heteroatoms. The van der Waals surface area contributed by atoms with Gasteiger partial charge in [0, 0.05) is 10.8 Å². The van der Waals surface area contributed by atoms with Crippen molar-refractivity contribution in [3.05, 3.63) is 48.0 Å². The summed E-state index contributed by atoms with van der Waals surface area (Å²) >= 11 is 0. The highest BCUT2D eigenvalue weighted by molar-refractivity contribution is 6.05. The van der Waals surface area contributed by atoms with Crippen LogP contribution in [0.25, 0.3) is 21.9 Å². The number of unbranched alkanes of at least 4 members (excludes halogenated alkanes) is 3. The summed E-state index contributed by atoms with van der Waals surface area (Å²) in [7, 11) is 0. The van der Waals surface area contributed by atoms with Gasteiger partial charge in [0.15, 0.2) is 0 Å². The second-order valence-corrected chi connectivity index (χ2v) is 5.20. The first-order valence-corrected chi connectivity index (χ1v) is 7.29. The number of para-hydroxylation sites is 2. The van der Waals surface area contributed by atoms with Crippen LogP contribution in [0.4, 0.5) is 0 Å². The Labute approximate surface area is 114 Å². The largest absolute Gasteiger partial charge is 0.456 e. The molecule has 2 aromatic carbocycles. The Bertz CT molecular complexity index is 678. The smallest absolute Gasteiger partial charge is 0.138 e. The zero-order valence-electron chi connectivity index (χ0n) is 11.5. The van der Waals surface area contributed by atoms with Crippen molar-refractivity contribution in [3.63, 3.8) is 0 Å². The van der Waals surface area contributed by atoms with Crippen LogP contribution in [0, 0.1) is 0 Å². The molecule has 19 heavy (non-hydrogen) atoms. The maximum atomic E-state index is 6.04. The minimum Gasteiger partial charge on any atom is -0.456 e. The Morgan fingerprint density at radius 1 is 0.842 bits per heavy atom.